The fraction of sp³-hybridized carbons (Fsp3) is 0.542. The third-order valence-electron chi connectivity index (χ3n) is 4.85. The number of rotatable bonds is 13. The van der Waals surface area contributed by atoms with Gasteiger partial charge in [0, 0.05) is 18.0 Å². The molecule has 1 aromatic heterocycles. The molecule has 2 aromatic rings. The summed E-state index contributed by atoms with van der Waals surface area (Å²) in [5.74, 6) is 0.296. The van der Waals surface area contributed by atoms with Gasteiger partial charge in [0.2, 0.25) is 0 Å². The van der Waals surface area contributed by atoms with E-state index in [-0.39, 0.29) is 18.0 Å². The van der Waals surface area contributed by atoms with Crippen LogP contribution in [0, 0.1) is 0 Å². The summed E-state index contributed by atoms with van der Waals surface area (Å²) in [6.45, 7) is 4.24. The molecule has 1 atom stereocenters. The summed E-state index contributed by atoms with van der Waals surface area (Å²) < 4.78 is 5.13. The van der Waals surface area contributed by atoms with Crippen LogP contribution in [0.5, 0.6) is 0 Å². The summed E-state index contributed by atoms with van der Waals surface area (Å²) in [5.41, 5.74) is 2.55. The van der Waals surface area contributed by atoms with Crippen molar-refractivity contribution in [2.45, 2.75) is 77.0 Å². The van der Waals surface area contributed by atoms with E-state index >= 15 is 0 Å². The number of esters is 1. The average Bonchev–Trinajstić information content (AvgIpc) is 2.74. The fourth-order valence-electron chi connectivity index (χ4n) is 3.13. The first-order valence-electron chi connectivity index (χ1n) is 10.8. The molecule has 0 saturated carbocycles. The van der Waals surface area contributed by atoms with Crippen LogP contribution in [-0.2, 0) is 11.2 Å². The van der Waals surface area contributed by atoms with E-state index < -0.39 is 0 Å². The van der Waals surface area contributed by atoms with E-state index in [1.807, 2.05) is 24.5 Å². The van der Waals surface area contributed by atoms with Crippen molar-refractivity contribution in [3.8, 4) is 11.4 Å². The second kappa shape index (κ2) is 13.3. The first kappa shape index (κ1) is 23.3. The molecule has 0 aliphatic carbocycles. The number of carbonyl (C=O) groups excluding carboxylic acids is 1. The summed E-state index contributed by atoms with van der Waals surface area (Å²) >= 11 is 5.80. The smallest absolute Gasteiger partial charge is 0.338 e. The highest BCUT2D eigenvalue weighted by Gasteiger charge is 2.10. The number of aryl methyl sites for hydroxylation is 1. The minimum absolute atomic E-state index is 0.198. The molecule has 4 nitrogen and oxygen atoms in total. The van der Waals surface area contributed by atoms with Gasteiger partial charge in [0.25, 0.3) is 0 Å². The van der Waals surface area contributed by atoms with Crippen LogP contribution in [0.15, 0.2) is 36.7 Å². The topological polar surface area (TPSA) is 52.1 Å². The summed E-state index contributed by atoms with van der Waals surface area (Å²) in [6, 6.07) is 7.14. The first-order chi connectivity index (χ1) is 14.1. The maximum Gasteiger partial charge on any atom is 0.338 e. The van der Waals surface area contributed by atoms with Crippen LogP contribution in [0.1, 0.15) is 81.1 Å². The molecule has 5 heteroatoms. The van der Waals surface area contributed by atoms with Gasteiger partial charge in [0.1, 0.15) is 6.61 Å². The van der Waals surface area contributed by atoms with Crippen LogP contribution >= 0.6 is 11.6 Å². The van der Waals surface area contributed by atoms with Gasteiger partial charge < -0.3 is 4.74 Å². The second-order valence-electron chi connectivity index (χ2n) is 7.60. The molecular weight excluding hydrogens is 384 g/mol. The Morgan fingerprint density at radius 1 is 0.966 bits per heavy atom. The quantitative estimate of drug-likeness (QED) is 0.209. The van der Waals surface area contributed by atoms with E-state index in [4.69, 9.17) is 16.3 Å². The normalized spacial score (nSPS) is 12.0. The predicted octanol–water partition coefficient (Wildman–Crippen LogP) is 6.61. The lowest BCUT2D eigenvalue weighted by molar-refractivity contribution is 0.0508. The van der Waals surface area contributed by atoms with Gasteiger partial charge in [-0.05, 0) is 37.5 Å². The van der Waals surface area contributed by atoms with E-state index in [9.17, 15) is 4.79 Å². The lowest BCUT2D eigenvalue weighted by Gasteiger charge is -2.07. The van der Waals surface area contributed by atoms with Crippen molar-refractivity contribution < 1.29 is 9.53 Å². The molecule has 0 aliphatic heterocycles. The van der Waals surface area contributed by atoms with E-state index in [1.54, 1.807) is 19.1 Å². The number of hydrogen-bond donors (Lipinski definition) is 0. The molecule has 0 N–H and O–H groups in total. The zero-order valence-electron chi connectivity index (χ0n) is 17.7. The van der Waals surface area contributed by atoms with Gasteiger partial charge in [-0.25, -0.2) is 14.8 Å². The van der Waals surface area contributed by atoms with E-state index in [1.165, 1.54) is 56.9 Å². The second-order valence-corrected chi connectivity index (χ2v) is 8.34. The van der Waals surface area contributed by atoms with Crippen LogP contribution in [0.4, 0.5) is 0 Å². The van der Waals surface area contributed by atoms with Crippen molar-refractivity contribution in [3.05, 3.63) is 47.8 Å². The number of unbranched alkanes of at least 4 members (excludes halogenated alkanes) is 7. The molecular formula is C24H33ClN2O2. The highest BCUT2D eigenvalue weighted by Crippen LogP contribution is 2.17. The van der Waals surface area contributed by atoms with E-state index in [0.717, 1.165) is 12.0 Å². The lowest BCUT2D eigenvalue weighted by atomic mass is 10.1. The zero-order chi connectivity index (χ0) is 20.9. The van der Waals surface area contributed by atoms with Crippen LogP contribution in [0.25, 0.3) is 11.4 Å². The molecule has 0 saturated heterocycles. The van der Waals surface area contributed by atoms with Crippen LogP contribution in [0.2, 0.25) is 0 Å². The number of aromatic nitrogens is 2. The predicted molar refractivity (Wildman–Crippen MR) is 119 cm³/mol. The minimum Gasteiger partial charge on any atom is -0.461 e. The number of halogens is 1. The van der Waals surface area contributed by atoms with Gasteiger partial charge in [-0.1, -0.05) is 64.0 Å². The van der Waals surface area contributed by atoms with Crippen molar-refractivity contribution in [2.75, 3.05) is 6.61 Å². The van der Waals surface area contributed by atoms with Gasteiger partial charge in [-0.15, -0.1) is 11.6 Å². The lowest BCUT2D eigenvalue weighted by Crippen LogP contribution is -2.11. The van der Waals surface area contributed by atoms with Gasteiger partial charge in [0.15, 0.2) is 5.82 Å². The number of benzene rings is 1. The molecule has 158 valence electrons. The van der Waals surface area contributed by atoms with Crippen LogP contribution in [0.3, 0.4) is 0 Å². The third kappa shape index (κ3) is 8.95. The fourth-order valence-corrected chi connectivity index (χ4v) is 3.19. The summed E-state index contributed by atoms with van der Waals surface area (Å²) in [4.78, 5) is 20.9. The Morgan fingerprint density at radius 2 is 1.55 bits per heavy atom. The monoisotopic (exact) mass is 416 g/mol. The Balaban J connectivity index is 1.75. The van der Waals surface area contributed by atoms with Gasteiger partial charge in [0.05, 0.1) is 10.9 Å². The molecule has 0 spiro atoms. The minimum atomic E-state index is -0.370. The Labute approximate surface area is 180 Å². The molecule has 0 radical (unpaired) electrons. The highest BCUT2D eigenvalue weighted by molar-refractivity contribution is 6.20. The maximum atomic E-state index is 11.9. The maximum absolute atomic E-state index is 11.9. The molecule has 1 aromatic carbocycles. The number of alkyl halides is 1. The first-order valence-corrected chi connectivity index (χ1v) is 11.3. The SMILES string of the molecule is CCCCCCCCCCc1cnc(-c2ccc(C(=O)OC[C@@H](C)Cl)cc2)nc1. The average molecular weight is 417 g/mol. The van der Waals surface area contributed by atoms with E-state index in [2.05, 4.69) is 16.9 Å². The molecule has 29 heavy (non-hydrogen) atoms. The number of nitrogens with zero attached hydrogens (tertiary/aromatic N) is 2. The number of carbonyl (C=O) groups is 1. The third-order valence-corrected chi connectivity index (χ3v) is 4.97. The van der Waals surface area contributed by atoms with Crippen molar-refractivity contribution in [3.63, 3.8) is 0 Å². The largest absolute Gasteiger partial charge is 0.461 e. The van der Waals surface area contributed by atoms with E-state index in [0.29, 0.717) is 11.4 Å². The molecule has 1 heterocycles. The number of hydrogen-bond acceptors (Lipinski definition) is 4. The Kier molecular flexibility index (Phi) is 10.7. The molecule has 2 rings (SSSR count). The van der Waals surface area contributed by atoms with Crippen molar-refractivity contribution in [1.82, 2.24) is 9.97 Å². The van der Waals surface area contributed by atoms with Crippen molar-refractivity contribution in [1.29, 1.82) is 0 Å². The molecule has 0 aliphatic rings. The summed E-state index contributed by atoms with van der Waals surface area (Å²) in [5, 5.41) is -0.198. The standard InChI is InChI=1S/C24H33ClN2O2/c1-3-4-5-6-7-8-9-10-11-20-16-26-23(27-17-20)21-12-14-22(15-13-21)24(28)29-18-19(2)25/h12-17,19H,3-11,18H2,1-2H3/t19-/m1/s1. The Hall–Kier alpha value is -1.94. The molecule has 0 amide bonds. The summed E-state index contributed by atoms with van der Waals surface area (Å²) in [7, 11) is 0. The van der Waals surface area contributed by atoms with Gasteiger partial charge >= 0.3 is 5.97 Å². The molecule has 0 unspecified atom stereocenters. The van der Waals surface area contributed by atoms with Crippen LogP contribution < -0.4 is 0 Å². The summed E-state index contributed by atoms with van der Waals surface area (Å²) in [6.07, 6.45) is 15.4. The van der Waals surface area contributed by atoms with Crippen molar-refractivity contribution >= 4 is 17.6 Å². The zero-order valence-corrected chi connectivity index (χ0v) is 18.5. The number of ether oxygens (including phenoxy) is 1. The molecule has 0 bridgehead atoms. The van der Waals surface area contributed by atoms with Gasteiger partial charge in [-0.2, -0.15) is 0 Å². The Morgan fingerprint density at radius 3 is 2.14 bits per heavy atom. The Bertz CT molecular complexity index is 715. The van der Waals surface area contributed by atoms with Gasteiger partial charge in [-0.3, -0.25) is 0 Å². The van der Waals surface area contributed by atoms with Crippen molar-refractivity contribution in [2.24, 2.45) is 0 Å². The molecule has 0 fully saturated rings. The van der Waals surface area contributed by atoms with Crippen LogP contribution in [-0.4, -0.2) is 27.9 Å². The highest BCUT2D eigenvalue weighted by atomic mass is 35.5.